The minimum absolute atomic E-state index is 0.652. The monoisotopic (exact) mass is 255 g/mol. The zero-order valence-electron chi connectivity index (χ0n) is 10.5. The number of nitrogens with one attached hydrogen (secondary N) is 1. The molecule has 0 fully saturated rings. The van der Waals surface area contributed by atoms with Crippen LogP contribution >= 0.6 is 11.6 Å². The lowest BCUT2D eigenvalue weighted by Crippen LogP contribution is -2.20. The lowest BCUT2D eigenvalue weighted by molar-refractivity contribution is 0.655. The molecule has 0 atom stereocenters. The van der Waals surface area contributed by atoms with Crippen molar-refractivity contribution in [2.75, 3.05) is 37.5 Å². The van der Waals surface area contributed by atoms with E-state index < -0.39 is 0 Å². The van der Waals surface area contributed by atoms with Crippen molar-refractivity contribution in [3.8, 4) is 0 Å². The van der Waals surface area contributed by atoms with Gasteiger partial charge in [-0.15, -0.1) is 11.6 Å². The first-order valence-electron chi connectivity index (χ1n) is 6.04. The number of anilines is 1. The number of hydrogen-bond donors (Lipinski definition) is 2. The van der Waals surface area contributed by atoms with Crippen LogP contribution in [0.5, 0.6) is 0 Å². The summed E-state index contributed by atoms with van der Waals surface area (Å²) < 4.78 is 0. The maximum atomic E-state index is 5.71. The fourth-order valence-electron chi connectivity index (χ4n) is 1.58. The lowest BCUT2D eigenvalue weighted by Gasteiger charge is -2.18. The molecule has 17 heavy (non-hydrogen) atoms. The van der Waals surface area contributed by atoms with Gasteiger partial charge in [0.25, 0.3) is 0 Å². The van der Waals surface area contributed by atoms with Gasteiger partial charge in [-0.25, -0.2) is 0 Å². The number of benzene rings is 1. The van der Waals surface area contributed by atoms with Crippen molar-refractivity contribution in [3.63, 3.8) is 0 Å². The average Bonchev–Trinajstić information content (AvgIpc) is 2.36. The Morgan fingerprint density at radius 3 is 2.59 bits per heavy atom. The first-order chi connectivity index (χ1) is 8.27. The Morgan fingerprint density at radius 2 is 2.00 bits per heavy atom. The van der Waals surface area contributed by atoms with Gasteiger partial charge in [0, 0.05) is 31.7 Å². The van der Waals surface area contributed by atoms with E-state index in [-0.39, 0.29) is 0 Å². The summed E-state index contributed by atoms with van der Waals surface area (Å²) in [6, 6.07) is 8.56. The van der Waals surface area contributed by atoms with Crippen LogP contribution in [0.2, 0.25) is 0 Å². The van der Waals surface area contributed by atoms with Gasteiger partial charge in [0.2, 0.25) is 0 Å². The van der Waals surface area contributed by atoms with E-state index in [4.69, 9.17) is 17.3 Å². The van der Waals surface area contributed by atoms with Gasteiger partial charge in [0.1, 0.15) is 0 Å². The molecule has 0 bridgehead atoms. The summed E-state index contributed by atoms with van der Waals surface area (Å²) in [5.41, 5.74) is 7.93. The molecule has 0 spiro atoms. The molecule has 0 saturated heterocycles. The van der Waals surface area contributed by atoms with Crippen LogP contribution in [0.4, 0.5) is 5.69 Å². The van der Waals surface area contributed by atoms with Crippen molar-refractivity contribution in [3.05, 3.63) is 29.8 Å². The number of hydrogen-bond acceptors (Lipinski definition) is 3. The molecule has 0 aromatic heterocycles. The Hall–Kier alpha value is -0.770. The second kappa shape index (κ2) is 8.34. The highest BCUT2D eigenvalue weighted by Crippen LogP contribution is 2.13. The molecule has 4 heteroatoms. The third kappa shape index (κ3) is 5.39. The van der Waals surface area contributed by atoms with Crippen molar-refractivity contribution >= 4 is 17.3 Å². The van der Waals surface area contributed by atoms with Crippen LogP contribution in [0, 0.1) is 0 Å². The predicted octanol–water partition coefficient (Wildman–Crippen LogP) is 1.80. The quantitative estimate of drug-likeness (QED) is 0.550. The van der Waals surface area contributed by atoms with Gasteiger partial charge < -0.3 is 16.0 Å². The summed E-state index contributed by atoms with van der Waals surface area (Å²) >= 11 is 5.71. The Bertz CT molecular complexity index is 300. The number of rotatable bonds is 8. The largest absolute Gasteiger partial charge is 0.373 e. The van der Waals surface area contributed by atoms with Crippen LogP contribution in [-0.2, 0) is 6.54 Å². The summed E-state index contributed by atoms with van der Waals surface area (Å²) in [6.07, 6.45) is 1.02. The first kappa shape index (κ1) is 14.3. The first-order valence-corrected chi connectivity index (χ1v) is 6.58. The zero-order valence-corrected chi connectivity index (χ0v) is 11.2. The fraction of sp³-hybridized carbons (Fsp3) is 0.538. The van der Waals surface area contributed by atoms with Gasteiger partial charge in [-0.1, -0.05) is 12.1 Å². The molecule has 0 amide bonds. The molecule has 3 N–H and O–H groups in total. The van der Waals surface area contributed by atoms with Crippen LogP contribution in [0.1, 0.15) is 12.0 Å². The van der Waals surface area contributed by atoms with Crippen LogP contribution < -0.4 is 16.0 Å². The summed E-state index contributed by atoms with van der Waals surface area (Å²) in [6.45, 7) is 3.49. The van der Waals surface area contributed by atoms with Crippen molar-refractivity contribution in [2.24, 2.45) is 5.73 Å². The molecular formula is C13H22ClN3. The molecule has 96 valence electrons. The van der Waals surface area contributed by atoms with E-state index in [2.05, 4.69) is 41.5 Å². The summed E-state index contributed by atoms with van der Waals surface area (Å²) in [5.74, 6) is 0.652. The maximum absolute atomic E-state index is 5.71. The maximum Gasteiger partial charge on any atom is 0.0399 e. The molecule has 3 nitrogen and oxygen atoms in total. The minimum Gasteiger partial charge on any atom is -0.373 e. The number of nitrogens with two attached hydrogens (primary N) is 1. The van der Waals surface area contributed by atoms with Crippen molar-refractivity contribution in [2.45, 2.75) is 13.0 Å². The second-order valence-corrected chi connectivity index (χ2v) is 4.47. The van der Waals surface area contributed by atoms with Gasteiger partial charge >= 0.3 is 0 Å². The van der Waals surface area contributed by atoms with Crippen molar-refractivity contribution in [1.82, 2.24) is 5.32 Å². The van der Waals surface area contributed by atoms with Gasteiger partial charge in [0.15, 0.2) is 0 Å². The predicted molar refractivity (Wildman–Crippen MR) is 75.8 cm³/mol. The van der Waals surface area contributed by atoms with E-state index in [0.29, 0.717) is 5.88 Å². The molecule has 0 unspecified atom stereocenters. The second-order valence-electron chi connectivity index (χ2n) is 4.10. The summed E-state index contributed by atoms with van der Waals surface area (Å²) in [7, 11) is 2.05. The van der Waals surface area contributed by atoms with E-state index >= 15 is 0 Å². The smallest absolute Gasteiger partial charge is 0.0399 e. The molecule has 1 aromatic rings. The average molecular weight is 256 g/mol. The van der Waals surface area contributed by atoms with Crippen LogP contribution in [0.25, 0.3) is 0 Å². The molecule has 1 aromatic carbocycles. The summed E-state index contributed by atoms with van der Waals surface area (Å²) in [5, 5.41) is 3.36. The SMILES string of the molecule is CN(CCCl)c1ccc(CNCCCN)cc1. The van der Waals surface area contributed by atoms with E-state index in [9.17, 15) is 0 Å². The van der Waals surface area contributed by atoms with E-state index in [1.165, 1.54) is 11.3 Å². The highest BCUT2D eigenvalue weighted by Gasteiger charge is 1.99. The van der Waals surface area contributed by atoms with E-state index in [1.807, 2.05) is 0 Å². The Kier molecular flexibility index (Phi) is 7.01. The van der Waals surface area contributed by atoms with E-state index in [0.717, 1.165) is 32.6 Å². The molecule has 0 aliphatic carbocycles. The third-order valence-corrected chi connectivity index (χ3v) is 2.85. The third-order valence-electron chi connectivity index (χ3n) is 2.68. The molecule has 0 radical (unpaired) electrons. The Morgan fingerprint density at radius 1 is 1.29 bits per heavy atom. The van der Waals surface area contributed by atoms with Crippen molar-refractivity contribution < 1.29 is 0 Å². The van der Waals surface area contributed by atoms with Gasteiger partial charge in [0.05, 0.1) is 0 Å². The fourth-order valence-corrected chi connectivity index (χ4v) is 1.84. The molecular weight excluding hydrogens is 234 g/mol. The standard InChI is InChI=1S/C13H22ClN3/c1-17(10-7-14)13-5-3-12(4-6-13)11-16-9-2-8-15/h3-6,16H,2,7-11,15H2,1H3. The van der Waals surface area contributed by atoms with Crippen molar-refractivity contribution in [1.29, 1.82) is 0 Å². The van der Waals surface area contributed by atoms with Crippen LogP contribution in [0.15, 0.2) is 24.3 Å². The molecule has 1 rings (SSSR count). The van der Waals surface area contributed by atoms with Gasteiger partial charge in [-0.3, -0.25) is 0 Å². The molecule has 0 heterocycles. The Labute approximate surface area is 109 Å². The number of nitrogens with zero attached hydrogens (tertiary/aromatic N) is 1. The van der Waals surface area contributed by atoms with Crippen LogP contribution in [-0.4, -0.2) is 32.6 Å². The van der Waals surface area contributed by atoms with Gasteiger partial charge in [-0.05, 0) is 37.2 Å². The summed E-state index contributed by atoms with van der Waals surface area (Å²) in [4.78, 5) is 2.15. The zero-order chi connectivity index (χ0) is 12.5. The van der Waals surface area contributed by atoms with Gasteiger partial charge in [-0.2, -0.15) is 0 Å². The lowest BCUT2D eigenvalue weighted by atomic mass is 10.2. The number of halogens is 1. The topological polar surface area (TPSA) is 41.3 Å². The molecule has 0 aliphatic rings. The Balaban J connectivity index is 2.39. The normalized spacial score (nSPS) is 10.5. The highest BCUT2D eigenvalue weighted by molar-refractivity contribution is 6.18. The molecule has 0 aliphatic heterocycles. The number of alkyl halides is 1. The minimum atomic E-state index is 0.652. The highest BCUT2D eigenvalue weighted by atomic mass is 35.5. The van der Waals surface area contributed by atoms with E-state index in [1.54, 1.807) is 0 Å². The molecule has 0 saturated carbocycles. The van der Waals surface area contributed by atoms with Crippen LogP contribution in [0.3, 0.4) is 0 Å².